The highest BCUT2D eigenvalue weighted by molar-refractivity contribution is 14.1. The number of nitrogens with one attached hydrogen (secondary N) is 1. The molecule has 0 aliphatic heterocycles. The number of esters is 1. The van der Waals surface area contributed by atoms with Gasteiger partial charge in [0.05, 0.1) is 7.11 Å². The molecule has 0 fully saturated rings. The summed E-state index contributed by atoms with van der Waals surface area (Å²) >= 11 is 1.96. The van der Waals surface area contributed by atoms with Gasteiger partial charge in [-0.1, -0.05) is 30.3 Å². The molecule has 1 atom stereocenters. The summed E-state index contributed by atoms with van der Waals surface area (Å²) in [5.41, 5.74) is 1.11. The van der Waals surface area contributed by atoms with Gasteiger partial charge in [-0.2, -0.15) is 0 Å². The molecule has 2 rings (SSSR count). The molecule has 0 saturated heterocycles. The molecule has 0 aromatic heterocycles. The molecule has 0 aliphatic rings. The van der Waals surface area contributed by atoms with Gasteiger partial charge in [0.1, 0.15) is 11.8 Å². The van der Waals surface area contributed by atoms with Crippen LogP contribution in [0.3, 0.4) is 0 Å². The predicted molar refractivity (Wildman–Crippen MR) is 86.9 cm³/mol. The number of fused-ring (bicyclic) bond motifs is 1. The summed E-state index contributed by atoms with van der Waals surface area (Å²) in [6, 6.07) is 11.0. The van der Waals surface area contributed by atoms with Crippen LogP contribution < -0.4 is 3.53 Å². The first kappa shape index (κ1) is 15.1. The summed E-state index contributed by atoms with van der Waals surface area (Å²) in [7, 11) is 1.39. The van der Waals surface area contributed by atoms with E-state index in [1.54, 1.807) is 6.07 Å². The number of phenolic OH excluding ortho intramolecular Hbond substituents is 1. The van der Waals surface area contributed by atoms with Crippen molar-refractivity contribution in [3.05, 3.63) is 42.0 Å². The fourth-order valence-corrected chi connectivity index (χ4v) is 2.79. The second kappa shape index (κ2) is 6.90. The zero-order valence-electron chi connectivity index (χ0n) is 11.1. The quantitative estimate of drug-likeness (QED) is 0.472. The number of aromatic hydroxyl groups is 1. The topological polar surface area (TPSA) is 58.6 Å². The fraction of sp³-hybridized carbons (Fsp3) is 0.267. The number of hydrogen-bond acceptors (Lipinski definition) is 4. The van der Waals surface area contributed by atoms with E-state index < -0.39 is 0 Å². The maximum absolute atomic E-state index is 11.6. The van der Waals surface area contributed by atoms with Crippen molar-refractivity contribution in [1.82, 2.24) is 3.53 Å². The van der Waals surface area contributed by atoms with Crippen LogP contribution in [0.25, 0.3) is 10.8 Å². The van der Waals surface area contributed by atoms with Crippen molar-refractivity contribution >= 4 is 39.6 Å². The van der Waals surface area contributed by atoms with Gasteiger partial charge >= 0.3 is 5.97 Å². The van der Waals surface area contributed by atoms with Gasteiger partial charge in [-0.05, 0) is 29.9 Å². The van der Waals surface area contributed by atoms with Crippen LogP contribution in [0, 0.1) is 0 Å². The molecule has 0 amide bonds. The summed E-state index contributed by atoms with van der Waals surface area (Å²) < 4.78 is 7.68. The largest absolute Gasteiger partial charge is 0.507 e. The number of carbonyl (C=O) groups excluding carboxylic acids is 1. The van der Waals surface area contributed by atoms with E-state index in [2.05, 4.69) is 3.53 Å². The molecule has 2 N–H and O–H groups in total. The third-order valence-electron chi connectivity index (χ3n) is 3.31. The first-order valence-electron chi connectivity index (χ1n) is 6.31. The van der Waals surface area contributed by atoms with Gasteiger partial charge in [0.25, 0.3) is 0 Å². The lowest BCUT2D eigenvalue weighted by Gasteiger charge is -2.13. The first-order chi connectivity index (χ1) is 9.67. The van der Waals surface area contributed by atoms with Crippen LogP contribution in [-0.4, -0.2) is 24.2 Å². The zero-order valence-corrected chi connectivity index (χ0v) is 13.3. The molecule has 0 aliphatic carbocycles. The average Bonchev–Trinajstić information content (AvgIpc) is 2.49. The summed E-state index contributed by atoms with van der Waals surface area (Å²) in [6.45, 7) is 0. The Balaban J connectivity index is 2.22. The molecular weight excluding hydrogens is 369 g/mol. The van der Waals surface area contributed by atoms with Crippen LogP contribution in [0.15, 0.2) is 36.4 Å². The number of hydrogen-bond donors (Lipinski definition) is 2. The van der Waals surface area contributed by atoms with E-state index in [4.69, 9.17) is 4.74 Å². The molecule has 0 saturated carbocycles. The first-order valence-corrected chi connectivity index (χ1v) is 7.39. The highest BCUT2D eigenvalue weighted by Gasteiger charge is 2.17. The van der Waals surface area contributed by atoms with Gasteiger partial charge in [0.15, 0.2) is 0 Å². The highest BCUT2D eigenvalue weighted by atomic mass is 127. The summed E-state index contributed by atoms with van der Waals surface area (Å²) in [4.78, 5) is 11.6. The summed E-state index contributed by atoms with van der Waals surface area (Å²) in [5.74, 6) is 0.0170. The molecule has 0 unspecified atom stereocenters. The third-order valence-corrected chi connectivity index (χ3v) is 4.06. The number of carbonyl (C=O) groups is 1. The van der Waals surface area contributed by atoms with Crippen molar-refractivity contribution in [2.45, 2.75) is 18.9 Å². The number of phenols is 1. The van der Waals surface area contributed by atoms with Gasteiger partial charge in [-0.3, -0.25) is 4.79 Å². The number of aryl methyl sites for hydroxylation is 1. The smallest absolute Gasteiger partial charge is 0.323 e. The summed E-state index contributed by atoms with van der Waals surface area (Å²) in [6.07, 6.45) is 1.38. The number of methoxy groups -OCH3 is 1. The van der Waals surface area contributed by atoms with E-state index in [9.17, 15) is 9.90 Å². The van der Waals surface area contributed by atoms with E-state index in [0.29, 0.717) is 6.42 Å². The minimum Gasteiger partial charge on any atom is -0.507 e. The standard InChI is InChI=1S/C15H16INO3/c1-20-15(19)13(17-16)8-6-10-7-9-14(18)12-5-3-2-4-11(10)12/h2-5,7,9,13,17-18H,6,8H2,1H3/t13-/m0/s1. The van der Waals surface area contributed by atoms with Crippen LogP contribution >= 0.6 is 22.9 Å². The lowest BCUT2D eigenvalue weighted by atomic mass is 9.98. The van der Waals surface area contributed by atoms with Gasteiger partial charge in [-0.15, -0.1) is 0 Å². The lowest BCUT2D eigenvalue weighted by molar-refractivity contribution is -0.142. The van der Waals surface area contributed by atoms with E-state index in [1.807, 2.05) is 53.2 Å². The van der Waals surface area contributed by atoms with E-state index in [0.717, 1.165) is 22.8 Å². The third kappa shape index (κ3) is 3.21. The lowest BCUT2D eigenvalue weighted by Crippen LogP contribution is -2.31. The molecule has 20 heavy (non-hydrogen) atoms. The van der Waals surface area contributed by atoms with Gasteiger partial charge < -0.3 is 9.84 Å². The molecule has 0 spiro atoms. The molecule has 0 radical (unpaired) electrons. The Bertz CT molecular complexity index is 615. The number of halogens is 1. The maximum atomic E-state index is 11.6. The van der Waals surface area contributed by atoms with Gasteiger partial charge in [-0.25, -0.2) is 3.53 Å². The maximum Gasteiger partial charge on any atom is 0.323 e. The van der Waals surface area contributed by atoms with Crippen LogP contribution in [-0.2, 0) is 16.0 Å². The Hall–Kier alpha value is -1.34. The van der Waals surface area contributed by atoms with Crippen LogP contribution in [0.4, 0.5) is 0 Å². The van der Waals surface area contributed by atoms with Crippen molar-refractivity contribution < 1.29 is 14.6 Å². The van der Waals surface area contributed by atoms with Crippen molar-refractivity contribution in [2.75, 3.05) is 7.11 Å². The SMILES string of the molecule is COC(=O)[C@H](CCc1ccc(O)c2ccccc12)NI. The van der Waals surface area contributed by atoms with E-state index >= 15 is 0 Å². The minimum absolute atomic E-state index is 0.262. The Kier molecular flexibility index (Phi) is 5.19. The van der Waals surface area contributed by atoms with Gasteiger partial charge in [0, 0.05) is 28.3 Å². The normalized spacial score (nSPS) is 12.3. The Morgan fingerprint density at radius 2 is 2.00 bits per heavy atom. The monoisotopic (exact) mass is 385 g/mol. The van der Waals surface area contributed by atoms with Crippen LogP contribution in [0.5, 0.6) is 5.75 Å². The zero-order chi connectivity index (χ0) is 14.5. The minimum atomic E-state index is -0.326. The van der Waals surface area contributed by atoms with Crippen molar-refractivity contribution in [3.8, 4) is 5.75 Å². The molecule has 0 heterocycles. The van der Waals surface area contributed by atoms with Crippen LogP contribution in [0.2, 0.25) is 0 Å². The van der Waals surface area contributed by atoms with Crippen molar-refractivity contribution in [1.29, 1.82) is 0 Å². The number of benzene rings is 2. The van der Waals surface area contributed by atoms with Crippen molar-refractivity contribution in [3.63, 3.8) is 0 Å². The second-order valence-electron chi connectivity index (χ2n) is 4.51. The molecule has 2 aromatic rings. The summed E-state index contributed by atoms with van der Waals surface area (Å²) in [5, 5.41) is 11.7. The number of rotatable bonds is 5. The molecule has 0 bridgehead atoms. The Morgan fingerprint density at radius 1 is 1.30 bits per heavy atom. The fourth-order valence-electron chi connectivity index (χ4n) is 2.22. The average molecular weight is 385 g/mol. The van der Waals surface area contributed by atoms with Crippen LogP contribution in [0.1, 0.15) is 12.0 Å². The Labute approximate surface area is 131 Å². The second-order valence-corrected chi connectivity index (χ2v) is 5.14. The molecular formula is C15H16INO3. The predicted octanol–water partition coefficient (Wildman–Crippen LogP) is 2.96. The van der Waals surface area contributed by atoms with Gasteiger partial charge in [0.2, 0.25) is 0 Å². The highest BCUT2D eigenvalue weighted by Crippen LogP contribution is 2.28. The van der Waals surface area contributed by atoms with E-state index in [-0.39, 0.29) is 17.8 Å². The molecule has 5 heteroatoms. The molecule has 2 aromatic carbocycles. The molecule has 106 valence electrons. The number of ether oxygens (including phenoxy) is 1. The molecule has 4 nitrogen and oxygen atoms in total. The van der Waals surface area contributed by atoms with Crippen molar-refractivity contribution in [2.24, 2.45) is 0 Å². The van der Waals surface area contributed by atoms with E-state index in [1.165, 1.54) is 7.11 Å². The Morgan fingerprint density at radius 3 is 2.65 bits per heavy atom.